The first kappa shape index (κ1) is 12.0. The van der Waals surface area contributed by atoms with Crippen molar-refractivity contribution < 1.29 is 0 Å². The van der Waals surface area contributed by atoms with Gasteiger partial charge in [-0.15, -0.1) is 0 Å². The van der Waals surface area contributed by atoms with Crippen LogP contribution in [-0.4, -0.2) is 30.1 Å². The largest absolute Gasteiger partial charge is 0.329 e. The van der Waals surface area contributed by atoms with Gasteiger partial charge in [0.15, 0.2) is 0 Å². The topological polar surface area (TPSA) is 29.3 Å². The first-order valence-electron chi connectivity index (χ1n) is 6.16. The van der Waals surface area contributed by atoms with Gasteiger partial charge in [-0.05, 0) is 31.8 Å². The highest BCUT2D eigenvalue weighted by atomic mass is 15.2. The minimum atomic E-state index is 0.307. The number of likely N-dealkylation sites (N-methyl/N-ethyl adjacent to an activating group) is 1. The lowest BCUT2D eigenvalue weighted by Gasteiger charge is -2.49. The van der Waals surface area contributed by atoms with Crippen LogP contribution in [0.3, 0.4) is 0 Å². The fourth-order valence-electron chi connectivity index (χ4n) is 3.15. The van der Waals surface area contributed by atoms with Crippen LogP contribution in [0.25, 0.3) is 0 Å². The zero-order valence-corrected chi connectivity index (χ0v) is 10.1. The van der Waals surface area contributed by atoms with Crippen LogP contribution in [-0.2, 0) is 0 Å². The number of hydrogen-bond donors (Lipinski definition) is 1. The average molecular weight is 198 g/mol. The van der Waals surface area contributed by atoms with E-state index in [0.717, 1.165) is 25.6 Å². The molecule has 1 saturated carbocycles. The van der Waals surface area contributed by atoms with Crippen molar-refractivity contribution in [1.82, 2.24) is 4.90 Å². The number of nitrogens with zero attached hydrogens (tertiary/aromatic N) is 1. The minimum absolute atomic E-state index is 0.307. The molecule has 0 spiro atoms. The molecule has 0 saturated heterocycles. The Hall–Kier alpha value is -0.0800. The zero-order chi connectivity index (χ0) is 10.6. The van der Waals surface area contributed by atoms with Gasteiger partial charge in [-0.1, -0.05) is 33.6 Å². The van der Waals surface area contributed by atoms with E-state index in [0.29, 0.717) is 5.54 Å². The van der Waals surface area contributed by atoms with Gasteiger partial charge in [0.05, 0.1) is 0 Å². The average Bonchev–Trinajstić information content (AvgIpc) is 2.22. The van der Waals surface area contributed by atoms with Crippen molar-refractivity contribution in [2.45, 2.75) is 52.0 Å². The molecule has 14 heavy (non-hydrogen) atoms. The van der Waals surface area contributed by atoms with Crippen LogP contribution >= 0.6 is 0 Å². The third-order valence-corrected chi connectivity index (χ3v) is 4.16. The van der Waals surface area contributed by atoms with Gasteiger partial charge in [-0.25, -0.2) is 0 Å². The summed E-state index contributed by atoms with van der Waals surface area (Å²) in [6.07, 6.45) is 5.41. The molecule has 2 unspecified atom stereocenters. The van der Waals surface area contributed by atoms with Gasteiger partial charge in [0.25, 0.3) is 0 Å². The van der Waals surface area contributed by atoms with Gasteiger partial charge >= 0.3 is 0 Å². The summed E-state index contributed by atoms with van der Waals surface area (Å²) in [5, 5.41) is 0. The van der Waals surface area contributed by atoms with Crippen LogP contribution in [0.15, 0.2) is 0 Å². The van der Waals surface area contributed by atoms with Crippen molar-refractivity contribution in [3.63, 3.8) is 0 Å². The lowest BCUT2D eigenvalue weighted by atomic mass is 9.72. The van der Waals surface area contributed by atoms with Crippen molar-refractivity contribution in [3.8, 4) is 0 Å². The van der Waals surface area contributed by atoms with E-state index in [9.17, 15) is 0 Å². The van der Waals surface area contributed by atoms with Gasteiger partial charge in [-0.2, -0.15) is 0 Å². The summed E-state index contributed by atoms with van der Waals surface area (Å²) in [5.74, 6) is 0.765. The fraction of sp³-hybridized carbons (Fsp3) is 1.00. The van der Waals surface area contributed by atoms with Crippen LogP contribution in [0, 0.1) is 5.92 Å². The minimum Gasteiger partial charge on any atom is -0.329 e. The summed E-state index contributed by atoms with van der Waals surface area (Å²) in [6, 6.07) is 0. The SMILES string of the molecule is CCN(CC)C1(CN)CCCCC1C. The Balaban J connectivity index is 2.80. The quantitative estimate of drug-likeness (QED) is 0.750. The molecule has 2 nitrogen and oxygen atoms in total. The second-order valence-electron chi connectivity index (χ2n) is 4.63. The van der Waals surface area contributed by atoms with Gasteiger partial charge < -0.3 is 5.73 Å². The molecule has 1 rings (SSSR count). The molecule has 2 atom stereocenters. The Bertz CT molecular complexity index is 166. The summed E-state index contributed by atoms with van der Waals surface area (Å²) in [7, 11) is 0. The van der Waals surface area contributed by atoms with Gasteiger partial charge in [0, 0.05) is 12.1 Å². The summed E-state index contributed by atoms with van der Waals surface area (Å²) in [4.78, 5) is 2.58. The lowest BCUT2D eigenvalue weighted by molar-refractivity contribution is 0.0210. The molecule has 1 aliphatic rings. The van der Waals surface area contributed by atoms with Crippen LogP contribution in [0.5, 0.6) is 0 Å². The van der Waals surface area contributed by atoms with Crippen LogP contribution in [0.1, 0.15) is 46.5 Å². The highest BCUT2D eigenvalue weighted by molar-refractivity contribution is 4.97. The summed E-state index contributed by atoms with van der Waals surface area (Å²) < 4.78 is 0. The van der Waals surface area contributed by atoms with Crippen molar-refractivity contribution in [2.75, 3.05) is 19.6 Å². The number of nitrogens with two attached hydrogens (primary N) is 1. The van der Waals surface area contributed by atoms with Crippen LogP contribution in [0.2, 0.25) is 0 Å². The Kier molecular flexibility index (Phi) is 4.39. The molecule has 0 radical (unpaired) electrons. The summed E-state index contributed by atoms with van der Waals surface area (Å²) in [5.41, 5.74) is 6.35. The van der Waals surface area contributed by atoms with Crippen LogP contribution < -0.4 is 5.73 Å². The molecule has 84 valence electrons. The fourth-order valence-corrected chi connectivity index (χ4v) is 3.15. The molecule has 2 heteroatoms. The third kappa shape index (κ3) is 1.96. The maximum absolute atomic E-state index is 6.04. The standard InChI is InChI=1S/C12H26N2/c1-4-14(5-2)12(10-13)9-7-6-8-11(12)3/h11H,4-10,13H2,1-3H3. The number of hydrogen-bond acceptors (Lipinski definition) is 2. The Morgan fingerprint density at radius 1 is 1.29 bits per heavy atom. The Labute approximate surface area is 88.8 Å². The van der Waals surface area contributed by atoms with E-state index in [4.69, 9.17) is 5.73 Å². The number of rotatable bonds is 4. The van der Waals surface area contributed by atoms with Gasteiger partial charge in [0.2, 0.25) is 0 Å². The molecule has 2 N–H and O–H groups in total. The predicted molar refractivity (Wildman–Crippen MR) is 62.3 cm³/mol. The molecule has 0 amide bonds. The van der Waals surface area contributed by atoms with E-state index >= 15 is 0 Å². The molecule has 0 aromatic heterocycles. The van der Waals surface area contributed by atoms with E-state index in [1.165, 1.54) is 25.7 Å². The maximum Gasteiger partial charge on any atom is 0.0356 e. The first-order valence-corrected chi connectivity index (χ1v) is 6.16. The highest BCUT2D eigenvalue weighted by Gasteiger charge is 2.40. The molecule has 1 fully saturated rings. The molecule has 0 aliphatic heterocycles. The van der Waals surface area contributed by atoms with Crippen LogP contribution in [0.4, 0.5) is 0 Å². The van der Waals surface area contributed by atoms with E-state index in [-0.39, 0.29) is 0 Å². The van der Waals surface area contributed by atoms with Gasteiger partial charge in [0.1, 0.15) is 0 Å². The molecular formula is C12H26N2. The molecular weight excluding hydrogens is 172 g/mol. The van der Waals surface area contributed by atoms with Crippen molar-refractivity contribution in [1.29, 1.82) is 0 Å². The van der Waals surface area contributed by atoms with E-state index in [1.54, 1.807) is 0 Å². The monoisotopic (exact) mass is 198 g/mol. The van der Waals surface area contributed by atoms with Crippen molar-refractivity contribution >= 4 is 0 Å². The van der Waals surface area contributed by atoms with Gasteiger partial charge in [-0.3, -0.25) is 4.90 Å². The normalized spacial score (nSPS) is 33.6. The zero-order valence-electron chi connectivity index (χ0n) is 10.1. The molecule has 1 aliphatic carbocycles. The Morgan fingerprint density at radius 3 is 2.36 bits per heavy atom. The van der Waals surface area contributed by atoms with E-state index < -0.39 is 0 Å². The maximum atomic E-state index is 6.04. The second-order valence-corrected chi connectivity index (χ2v) is 4.63. The summed E-state index contributed by atoms with van der Waals surface area (Å²) >= 11 is 0. The second kappa shape index (κ2) is 5.13. The van der Waals surface area contributed by atoms with Crippen molar-refractivity contribution in [3.05, 3.63) is 0 Å². The van der Waals surface area contributed by atoms with Crippen molar-refractivity contribution in [2.24, 2.45) is 11.7 Å². The molecule has 0 heterocycles. The third-order valence-electron chi connectivity index (χ3n) is 4.16. The predicted octanol–water partition coefficient (Wildman–Crippen LogP) is 2.24. The van der Waals surface area contributed by atoms with E-state index in [2.05, 4.69) is 25.7 Å². The smallest absolute Gasteiger partial charge is 0.0356 e. The molecule has 0 bridgehead atoms. The summed E-state index contributed by atoms with van der Waals surface area (Å²) in [6.45, 7) is 9.99. The van der Waals surface area contributed by atoms with E-state index in [1.807, 2.05) is 0 Å². The lowest BCUT2D eigenvalue weighted by Crippen LogP contribution is -2.59. The highest BCUT2D eigenvalue weighted by Crippen LogP contribution is 2.37. The first-order chi connectivity index (χ1) is 6.71. The molecule has 0 aromatic carbocycles. The Morgan fingerprint density at radius 2 is 1.93 bits per heavy atom. The molecule has 0 aromatic rings.